The maximum Gasteiger partial charge on any atom is 0.0715 e. The van der Waals surface area contributed by atoms with E-state index in [-0.39, 0.29) is 0 Å². The van der Waals surface area contributed by atoms with Crippen LogP contribution in [0.1, 0.15) is 0 Å². The fourth-order valence-corrected chi connectivity index (χ4v) is 5.13. The highest BCUT2D eigenvalue weighted by Gasteiger charge is 2.15. The molecule has 0 atom stereocenters. The zero-order valence-electron chi connectivity index (χ0n) is 17.9. The third-order valence-corrected chi connectivity index (χ3v) is 6.56. The largest absolute Gasteiger partial charge is 0.309 e. The molecule has 0 radical (unpaired) electrons. The van der Waals surface area contributed by atoms with E-state index in [0.717, 1.165) is 11.0 Å². The summed E-state index contributed by atoms with van der Waals surface area (Å²) in [6.07, 6.45) is 0. The first-order valence-corrected chi connectivity index (χ1v) is 11.2. The molecule has 0 aliphatic heterocycles. The minimum Gasteiger partial charge on any atom is -0.309 e. The summed E-state index contributed by atoms with van der Waals surface area (Å²) in [6, 6.07) is 43.0. The van der Waals surface area contributed by atoms with Gasteiger partial charge in [-0.3, -0.25) is 0 Å². The Balaban J connectivity index is 1.60. The zero-order chi connectivity index (χ0) is 21.8. The summed E-state index contributed by atoms with van der Waals surface area (Å²) >= 11 is 0. The SMILES string of the molecule is c1ccc(-n2c3ccccc3c3cc(-c4c5ccccc5nc5ccccc45)ccc32)cc1. The van der Waals surface area contributed by atoms with Crippen LogP contribution in [-0.2, 0) is 0 Å². The lowest BCUT2D eigenvalue weighted by molar-refractivity contribution is 1.18. The smallest absolute Gasteiger partial charge is 0.0715 e. The van der Waals surface area contributed by atoms with Crippen LogP contribution in [-0.4, -0.2) is 9.55 Å². The number of fused-ring (bicyclic) bond motifs is 5. The van der Waals surface area contributed by atoms with Crippen LogP contribution >= 0.6 is 0 Å². The highest BCUT2D eigenvalue weighted by atomic mass is 15.0. The van der Waals surface area contributed by atoms with Crippen LogP contribution in [0.25, 0.3) is 60.4 Å². The van der Waals surface area contributed by atoms with E-state index in [1.165, 1.54) is 49.4 Å². The number of benzene rings is 5. The van der Waals surface area contributed by atoms with Crippen molar-refractivity contribution in [3.05, 3.63) is 121 Å². The van der Waals surface area contributed by atoms with E-state index in [9.17, 15) is 0 Å². The van der Waals surface area contributed by atoms with Gasteiger partial charge in [0.25, 0.3) is 0 Å². The molecule has 0 aliphatic rings. The van der Waals surface area contributed by atoms with Crippen molar-refractivity contribution in [3.63, 3.8) is 0 Å². The van der Waals surface area contributed by atoms with Crippen molar-refractivity contribution in [2.24, 2.45) is 0 Å². The van der Waals surface area contributed by atoms with E-state index in [1.807, 2.05) is 0 Å². The maximum atomic E-state index is 4.92. The second kappa shape index (κ2) is 7.04. The summed E-state index contributed by atoms with van der Waals surface area (Å²) in [5.41, 5.74) is 8.13. The Morgan fingerprint density at radius 3 is 1.76 bits per heavy atom. The fraction of sp³-hybridized carbons (Fsp3) is 0. The highest BCUT2D eigenvalue weighted by molar-refractivity contribution is 6.14. The normalized spacial score (nSPS) is 11.6. The second-order valence-corrected chi connectivity index (χ2v) is 8.44. The molecule has 0 unspecified atom stereocenters. The molecule has 2 aromatic heterocycles. The van der Waals surface area contributed by atoms with Crippen molar-refractivity contribution in [2.75, 3.05) is 0 Å². The monoisotopic (exact) mass is 420 g/mol. The quantitative estimate of drug-likeness (QED) is 0.258. The Bertz CT molecular complexity index is 1760. The molecule has 2 heterocycles. The predicted molar refractivity (Wildman–Crippen MR) is 139 cm³/mol. The van der Waals surface area contributed by atoms with Crippen molar-refractivity contribution in [3.8, 4) is 16.8 Å². The third-order valence-electron chi connectivity index (χ3n) is 6.56. The summed E-state index contributed by atoms with van der Waals surface area (Å²) in [6.45, 7) is 0. The first kappa shape index (κ1) is 18.2. The van der Waals surface area contributed by atoms with Crippen molar-refractivity contribution < 1.29 is 0 Å². The molecule has 0 aliphatic carbocycles. The topological polar surface area (TPSA) is 17.8 Å². The van der Waals surface area contributed by atoms with Gasteiger partial charge in [-0.1, -0.05) is 78.9 Å². The average molecular weight is 421 g/mol. The summed E-state index contributed by atoms with van der Waals surface area (Å²) in [4.78, 5) is 4.92. The Kier molecular flexibility index (Phi) is 3.88. The van der Waals surface area contributed by atoms with Crippen molar-refractivity contribution in [2.45, 2.75) is 0 Å². The van der Waals surface area contributed by atoms with Crippen molar-refractivity contribution in [1.29, 1.82) is 0 Å². The molecule has 0 saturated carbocycles. The minimum atomic E-state index is 1.03. The number of hydrogen-bond acceptors (Lipinski definition) is 1. The molecule has 7 aromatic rings. The Hall–Kier alpha value is -4.43. The van der Waals surface area contributed by atoms with E-state index in [1.54, 1.807) is 0 Å². The molecular formula is C31H20N2. The van der Waals surface area contributed by atoms with E-state index < -0.39 is 0 Å². The first-order valence-electron chi connectivity index (χ1n) is 11.2. The van der Waals surface area contributed by atoms with Gasteiger partial charge >= 0.3 is 0 Å². The Morgan fingerprint density at radius 2 is 1.03 bits per heavy atom. The van der Waals surface area contributed by atoms with Crippen molar-refractivity contribution in [1.82, 2.24) is 9.55 Å². The lowest BCUT2D eigenvalue weighted by Crippen LogP contribution is -1.93. The molecule has 2 heteroatoms. The Labute approximate surface area is 191 Å². The van der Waals surface area contributed by atoms with Gasteiger partial charge in [-0.15, -0.1) is 0 Å². The van der Waals surface area contributed by atoms with E-state index in [0.29, 0.717) is 0 Å². The van der Waals surface area contributed by atoms with Gasteiger partial charge in [0.1, 0.15) is 0 Å². The number of pyridine rings is 1. The fourth-order valence-electron chi connectivity index (χ4n) is 5.13. The summed E-state index contributed by atoms with van der Waals surface area (Å²) in [5, 5.41) is 4.89. The maximum absolute atomic E-state index is 4.92. The molecule has 0 fully saturated rings. The van der Waals surface area contributed by atoms with Gasteiger partial charge in [-0.05, 0) is 48.0 Å². The van der Waals surface area contributed by atoms with Gasteiger partial charge < -0.3 is 4.57 Å². The number of para-hydroxylation sites is 4. The van der Waals surface area contributed by atoms with Crippen molar-refractivity contribution >= 4 is 43.6 Å². The van der Waals surface area contributed by atoms with Crippen LogP contribution in [0.5, 0.6) is 0 Å². The molecule has 0 bridgehead atoms. The molecule has 0 N–H and O–H groups in total. The number of rotatable bonds is 2. The summed E-state index contributed by atoms with van der Waals surface area (Å²) in [7, 11) is 0. The molecule has 154 valence electrons. The lowest BCUT2D eigenvalue weighted by atomic mass is 9.95. The van der Waals surface area contributed by atoms with Crippen LogP contribution < -0.4 is 0 Å². The summed E-state index contributed by atoms with van der Waals surface area (Å²) in [5.74, 6) is 0. The molecule has 2 nitrogen and oxygen atoms in total. The highest BCUT2D eigenvalue weighted by Crippen LogP contribution is 2.39. The third kappa shape index (κ3) is 2.71. The molecule has 0 saturated heterocycles. The zero-order valence-corrected chi connectivity index (χ0v) is 17.9. The minimum absolute atomic E-state index is 1.03. The van der Waals surface area contributed by atoms with E-state index >= 15 is 0 Å². The molecule has 5 aromatic carbocycles. The molecular weight excluding hydrogens is 400 g/mol. The van der Waals surface area contributed by atoms with Gasteiger partial charge in [0.2, 0.25) is 0 Å². The molecule has 7 rings (SSSR count). The summed E-state index contributed by atoms with van der Waals surface area (Å²) < 4.78 is 2.36. The van der Waals surface area contributed by atoms with Gasteiger partial charge in [-0.2, -0.15) is 0 Å². The standard InChI is InChI=1S/C31H20N2/c1-2-10-22(11-3-1)33-29-17-9-6-12-23(29)26-20-21(18-19-30(26)33)31-24-13-4-7-15-27(24)32-28-16-8-5-14-25(28)31/h1-20H. The Morgan fingerprint density at radius 1 is 0.455 bits per heavy atom. The average Bonchev–Trinajstić information content (AvgIpc) is 3.21. The molecule has 0 amide bonds. The van der Waals surface area contributed by atoms with E-state index in [4.69, 9.17) is 4.98 Å². The lowest BCUT2D eigenvalue weighted by Gasteiger charge is -2.12. The van der Waals surface area contributed by atoms with Crippen LogP contribution in [0.3, 0.4) is 0 Å². The number of hydrogen-bond donors (Lipinski definition) is 0. The van der Waals surface area contributed by atoms with Crippen LogP contribution in [0.4, 0.5) is 0 Å². The number of nitrogens with zero attached hydrogens (tertiary/aromatic N) is 2. The van der Waals surface area contributed by atoms with Crippen LogP contribution in [0, 0.1) is 0 Å². The van der Waals surface area contributed by atoms with Gasteiger partial charge in [0, 0.05) is 32.8 Å². The second-order valence-electron chi connectivity index (χ2n) is 8.44. The van der Waals surface area contributed by atoms with Crippen LogP contribution in [0.2, 0.25) is 0 Å². The first-order chi connectivity index (χ1) is 16.4. The predicted octanol–water partition coefficient (Wildman–Crippen LogP) is 8.15. The molecule has 0 spiro atoms. The van der Waals surface area contributed by atoms with E-state index in [2.05, 4.69) is 126 Å². The molecule has 33 heavy (non-hydrogen) atoms. The van der Waals surface area contributed by atoms with Crippen LogP contribution in [0.15, 0.2) is 121 Å². The number of aromatic nitrogens is 2. The van der Waals surface area contributed by atoms with Gasteiger partial charge in [0.15, 0.2) is 0 Å². The van der Waals surface area contributed by atoms with Gasteiger partial charge in [-0.25, -0.2) is 4.98 Å². The van der Waals surface area contributed by atoms with Gasteiger partial charge in [0.05, 0.1) is 22.1 Å².